The van der Waals surface area contributed by atoms with E-state index in [0.717, 1.165) is 23.3 Å². The van der Waals surface area contributed by atoms with Crippen molar-refractivity contribution in [1.29, 1.82) is 0 Å². The molecule has 1 amide bonds. The molecule has 0 saturated heterocycles. The first-order chi connectivity index (χ1) is 12.3. The maximum atomic E-state index is 12.6. The summed E-state index contributed by atoms with van der Waals surface area (Å²) >= 11 is 1.64. The van der Waals surface area contributed by atoms with E-state index in [2.05, 4.69) is 39.6 Å². The van der Waals surface area contributed by atoms with E-state index in [4.69, 9.17) is 0 Å². The Labute approximate surface area is 151 Å². The molecule has 0 bridgehead atoms. The van der Waals surface area contributed by atoms with Crippen LogP contribution in [0.25, 0.3) is 0 Å². The summed E-state index contributed by atoms with van der Waals surface area (Å²) in [6.45, 7) is 0. The van der Waals surface area contributed by atoms with E-state index >= 15 is 0 Å². The molecule has 0 aliphatic heterocycles. The van der Waals surface area contributed by atoms with E-state index in [1.165, 1.54) is 24.0 Å². The van der Waals surface area contributed by atoms with E-state index in [1.807, 2.05) is 11.4 Å². The number of fused-ring (bicyclic) bond motifs is 1. The Bertz CT molecular complexity index is 862. The van der Waals surface area contributed by atoms with Crippen LogP contribution in [0.3, 0.4) is 0 Å². The number of nitrogens with zero attached hydrogens (tertiary/aromatic N) is 2. The summed E-state index contributed by atoms with van der Waals surface area (Å²) in [4.78, 5) is 21.8. The van der Waals surface area contributed by atoms with E-state index in [9.17, 15) is 4.79 Å². The summed E-state index contributed by atoms with van der Waals surface area (Å²) in [5, 5.41) is 5.14. The van der Waals surface area contributed by atoms with Crippen LogP contribution < -0.4 is 5.32 Å². The van der Waals surface area contributed by atoms with Gasteiger partial charge in [-0.05, 0) is 59.9 Å². The van der Waals surface area contributed by atoms with Gasteiger partial charge < -0.3 is 5.32 Å². The first-order valence-corrected chi connectivity index (χ1v) is 9.42. The summed E-state index contributed by atoms with van der Waals surface area (Å²) in [5.41, 5.74) is 3.97. The second-order valence-electron chi connectivity index (χ2n) is 6.23. The molecule has 1 aliphatic rings. The molecule has 1 unspecified atom stereocenters. The van der Waals surface area contributed by atoms with Crippen molar-refractivity contribution >= 4 is 17.2 Å². The summed E-state index contributed by atoms with van der Waals surface area (Å²) in [6, 6.07) is 12.2. The van der Waals surface area contributed by atoms with Crippen molar-refractivity contribution in [3.8, 4) is 0 Å². The molecule has 1 atom stereocenters. The molecule has 3 aromatic rings. The maximum Gasteiger partial charge on any atom is 0.289 e. The predicted octanol–water partition coefficient (Wildman–Crippen LogP) is 3.94. The Hall–Kier alpha value is -2.53. The zero-order valence-corrected chi connectivity index (χ0v) is 14.6. The second-order valence-corrected chi connectivity index (χ2v) is 7.21. The van der Waals surface area contributed by atoms with Gasteiger partial charge in [-0.1, -0.05) is 24.3 Å². The molecule has 0 saturated carbocycles. The van der Waals surface area contributed by atoms with Gasteiger partial charge in [0.2, 0.25) is 5.82 Å². The van der Waals surface area contributed by atoms with Gasteiger partial charge in [0.05, 0.1) is 6.04 Å². The molecular formula is C20H19N3OS. The fourth-order valence-corrected chi connectivity index (χ4v) is 4.12. The zero-order valence-electron chi connectivity index (χ0n) is 13.8. The molecule has 1 aromatic carbocycles. The smallest absolute Gasteiger partial charge is 0.289 e. The number of amides is 1. The number of carbonyl (C=O) groups excluding carboxylic acids is 1. The Balaban J connectivity index is 1.66. The van der Waals surface area contributed by atoms with Crippen LogP contribution in [-0.4, -0.2) is 15.9 Å². The van der Waals surface area contributed by atoms with Crippen molar-refractivity contribution in [2.75, 3.05) is 0 Å². The fourth-order valence-electron chi connectivity index (χ4n) is 3.32. The molecule has 1 N–H and O–H groups in total. The van der Waals surface area contributed by atoms with Gasteiger partial charge in [0.1, 0.15) is 0 Å². The Morgan fingerprint density at radius 3 is 2.60 bits per heavy atom. The van der Waals surface area contributed by atoms with E-state index in [0.29, 0.717) is 0 Å². The standard InChI is InChI=1S/C20H19N3OS/c24-20(19-21-10-4-11-22-19)23-18(17-7-3-12-25-17)16-9-8-14-5-1-2-6-15(14)13-16/h3-4,7-13,18H,1-2,5-6H2,(H,23,24). The van der Waals surface area contributed by atoms with Crippen molar-refractivity contribution < 1.29 is 4.79 Å². The monoisotopic (exact) mass is 349 g/mol. The number of nitrogens with one attached hydrogen (secondary N) is 1. The number of hydrogen-bond donors (Lipinski definition) is 1. The van der Waals surface area contributed by atoms with Crippen LogP contribution in [0.2, 0.25) is 0 Å². The van der Waals surface area contributed by atoms with Crippen LogP contribution in [0.5, 0.6) is 0 Å². The lowest BCUT2D eigenvalue weighted by atomic mass is 9.89. The summed E-state index contributed by atoms with van der Waals surface area (Å²) in [6.07, 6.45) is 7.95. The molecule has 126 valence electrons. The number of rotatable bonds is 4. The number of carbonyl (C=O) groups is 1. The minimum absolute atomic E-state index is 0.177. The van der Waals surface area contributed by atoms with Gasteiger partial charge in [-0.15, -0.1) is 11.3 Å². The van der Waals surface area contributed by atoms with Crippen LogP contribution in [0.1, 0.15) is 51.1 Å². The van der Waals surface area contributed by atoms with Crippen molar-refractivity contribution in [3.63, 3.8) is 0 Å². The van der Waals surface area contributed by atoms with Crippen LogP contribution in [-0.2, 0) is 12.8 Å². The molecular weight excluding hydrogens is 330 g/mol. The average molecular weight is 349 g/mol. The van der Waals surface area contributed by atoms with Crippen molar-refractivity contribution in [1.82, 2.24) is 15.3 Å². The molecule has 25 heavy (non-hydrogen) atoms. The number of benzene rings is 1. The van der Waals surface area contributed by atoms with Crippen LogP contribution >= 0.6 is 11.3 Å². The SMILES string of the molecule is O=C(NC(c1ccc2c(c1)CCCC2)c1cccs1)c1ncccn1. The Morgan fingerprint density at radius 1 is 1.04 bits per heavy atom. The summed E-state index contributed by atoms with van der Waals surface area (Å²) in [7, 11) is 0. The van der Waals surface area contributed by atoms with E-state index in [1.54, 1.807) is 29.8 Å². The van der Waals surface area contributed by atoms with Crippen molar-refractivity contribution in [2.24, 2.45) is 0 Å². The van der Waals surface area contributed by atoms with Gasteiger partial charge in [-0.2, -0.15) is 0 Å². The fraction of sp³-hybridized carbons (Fsp3) is 0.250. The molecule has 2 aromatic heterocycles. The topological polar surface area (TPSA) is 54.9 Å². The number of aryl methyl sites for hydroxylation is 2. The van der Waals surface area contributed by atoms with Crippen molar-refractivity contribution in [2.45, 2.75) is 31.7 Å². The van der Waals surface area contributed by atoms with Gasteiger partial charge in [0, 0.05) is 17.3 Å². The van der Waals surface area contributed by atoms with Gasteiger partial charge in [-0.3, -0.25) is 4.79 Å². The lowest BCUT2D eigenvalue weighted by Gasteiger charge is -2.21. The third kappa shape index (κ3) is 3.46. The molecule has 5 heteroatoms. The molecule has 0 fully saturated rings. The third-order valence-corrected chi connectivity index (χ3v) is 5.52. The molecule has 0 spiro atoms. The Kier molecular flexibility index (Phi) is 4.57. The summed E-state index contributed by atoms with van der Waals surface area (Å²) < 4.78 is 0. The predicted molar refractivity (Wildman–Crippen MR) is 98.7 cm³/mol. The van der Waals surface area contributed by atoms with E-state index < -0.39 is 0 Å². The average Bonchev–Trinajstić information content (AvgIpc) is 3.20. The quantitative estimate of drug-likeness (QED) is 0.776. The minimum Gasteiger partial charge on any atom is -0.338 e. The molecule has 0 radical (unpaired) electrons. The van der Waals surface area contributed by atoms with Crippen LogP contribution in [0.15, 0.2) is 54.2 Å². The Morgan fingerprint density at radius 2 is 1.84 bits per heavy atom. The van der Waals surface area contributed by atoms with Gasteiger partial charge in [0.25, 0.3) is 5.91 Å². The lowest BCUT2D eigenvalue weighted by Crippen LogP contribution is -2.30. The molecule has 4 nitrogen and oxygen atoms in total. The van der Waals surface area contributed by atoms with E-state index in [-0.39, 0.29) is 17.8 Å². The molecule has 1 aliphatic carbocycles. The number of thiophene rings is 1. The lowest BCUT2D eigenvalue weighted by molar-refractivity contribution is 0.0933. The summed E-state index contributed by atoms with van der Waals surface area (Å²) in [5.74, 6) is -0.0567. The molecule has 4 rings (SSSR count). The highest BCUT2D eigenvalue weighted by atomic mass is 32.1. The largest absolute Gasteiger partial charge is 0.338 e. The first-order valence-electron chi connectivity index (χ1n) is 8.54. The van der Waals surface area contributed by atoms with Gasteiger partial charge >= 0.3 is 0 Å². The van der Waals surface area contributed by atoms with Crippen LogP contribution in [0, 0.1) is 0 Å². The highest BCUT2D eigenvalue weighted by molar-refractivity contribution is 7.10. The normalized spacial score (nSPS) is 14.6. The minimum atomic E-state index is -0.253. The number of aromatic nitrogens is 2. The van der Waals surface area contributed by atoms with Gasteiger partial charge in [-0.25, -0.2) is 9.97 Å². The van der Waals surface area contributed by atoms with Crippen molar-refractivity contribution in [3.05, 3.63) is 81.6 Å². The molecule has 2 heterocycles. The zero-order chi connectivity index (χ0) is 17.1. The van der Waals surface area contributed by atoms with Gasteiger partial charge in [0.15, 0.2) is 0 Å². The second kappa shape index (κ2) is 7.15. The highest BCUT2D eigenvalue weighted by Gasteiger charge is 2.21. The first kappa shape index (κ1) is 16.0. The highest BCUT2D eigenvalue weighted by Crippen LogP contribution is 2.30. The number of hydrogen-bond acceptors (Lipinski definition) is 4. The third-order valence-electron chi connectivity index (χ3n) is 4.58. The van der Waals surface area contributed by atoms with Crippen LogP contribution in [0.4, 0.5) is 0 Å². The maximum absolute atomic E-state index is 12.6.